The second kappa shape index (κ2) is 10.1. The molecule has 2 amide bonds. The lowest BCUT2D eigenvalue weighted by Gasteiger charge is -2.39. The molecular weight excluding hydrogens is 471 g/mol. The van der Waals surface area contributed by atoms with Gasteiger partial charge in [-0.3, -0.25) is 9.59 Å². The van der Waals surface area contributed by atoms with Gasteiger partial charge in [0, 0.05) is 42.1 Å². The highest BCUT2D eigenvalue weighted by atomic mass is 19.4. The van der Waals surface area contributed by atoms with E-state index in [1.165, 1.54) is 4.90 Å². The summed E-state index contributed by atoms with van der Waals surface area (Å²) in [5.41, 5.74) is 1.03. The Morgan fingerprint density at radius 1 is 1.03 bits per heavy atom. The first kappa shape index (κ1) is 25.3. The van der Waals surface area contributed by atoms with Crippen LogP contribution < -0.4 is 4.74 Å². The number of amides is 2. The molecule has 0 saturated carbocycles. The first-order valence-electron chi connectivity index (χ1n) is 11.7. The first-order chi connectivity index (χ1) is 17.1. The van der Waals surface area contributed by atoms with Gasteiger partial charge in [0.05, 0.1) is 12.7 Å². The number of rotatable bonds is 6. The Hall–Kier alpha value is -3.75. The van der Waals surface area contributed by atoms with Crippen LogP contribution in [0.15, 0.2) is 66.9 Å². The van der Waals surface area contributed by atoms with Gasteiger partial charge in [0.1, 0.15) is 18.3 Å². The normalized spacial score (nSPS) is 15.5. The molecule has 0 spiro atoms. The minimum absolute atomic E-state index is 0.0956. The molecule has 0 bridgehead atoms. The molecule has 1 unspecified atom stereocenters. The molecule has 1 aromatic heterocycles. The second-order valence-corrected chi connectivity index (χ2v) is 8.96. The molecule has 4 rings (SSSR count). The lowest BCUT2D eigenvalue weighted by Crippen LogP contribution is -2.49. The molecule has 1 aliphatic rings. The van der Waals surface area contributed by atoms with Gasteiger partial charge in [-0.1, -0.05) is 18.2 Å². The van der Waals surface area contributed by atoms with E-state index < -0.39 is 23.7 Å². The van der Waals surface area contributed by atoms with Crippen LogP contribution in [0.1, 0.15) is 47.1 Å². The van der Waals surface area contributed by atoms with Gasteiger partial charge in [0.2, 0.25) is 5.91 Å². The maximum atomic E-state index is 13.7. The monoisotopic (exact) mass is 499 g/mol. The summed E-state index contributed by atoms with van der Waals surface area (Å²) < 4.78 is 46.5. The van der Waals surface area contributed by atoms with Gasteiger partial charge in [0.15, 0.2) is 0 Å². The minimum atomic E-state index is -4.49. The van der Waals surface area contributed by atoms with E-state index in [-0.39, 0.29) is 24.1 Å². The Morgan fingerprint density at radius 2 is 1.72 bits per heavy atom. The average Bonchev–Trinajstić information content (AvgIpc) is 3.34. The maximum Gasteiger partial charge on any atom is 0.416 e. The lowest BCUT2D eigenvalue weighted by atomic mass is 9.98. The van der Waals surface area contributed by atoms with Crippen LogP contribution >= 0.6 is 0 Å². The van der Waals surface area contributed by atoms with E-state index in [0.29, 0.717) is 18.8 Å². The first-order valence-corrected chi connectivity index (χ1v) is 11.7. The zero-order valence-corrected chi connectivity index (χ0v) is 20.3. The summed E-state index contributed by atoms with van der Waals surface area (Å²) in [5.74, 6) is -0.106. The number of alkyl halides is 3. The summed E-state index contributed by atoms with van der Waals surface area (Å²) in [6.07, 6.45) is -2.52. The molecule has 0 N–H and O–H groups in total. The molecule has 36 heavy (non-hydrogen) atoms. The minimum Gasteiger partial charge on any atom is -0.496 e. The number of hydrogen-bond acceptors (Lipinski definition) is 3. The Kier molecular flexibility index (Phi) is 7.10. The zero-order valence-electron chi connectivity index (χ0n) is 20.3. The number of fused-ring (bicyclic) bond motifs is 1. The van der Waals surface area contributed by atoms with Crippen LogP contribution in [0.25, 0.3) is 0 Å². The van der Waals surface area contributed by atoms with Crippen molar-refractivity contribution in [2.75, 3.05) is 20.2 Å². The van der Waals surface area contributed by atoms with Crippen molar-refractivity contribution in [3.05, 3.63) is 89.2 Å². The van der Waals surface area contributed by atoms with Crippen LogP contribution in [0.5, 0.6) is 5.75 Å². The highest BCUT2D eigenvalue weighted by molar-refractivity contribution is 5.97. The van der Waals surface area contributed by atoms with Crippen LogP contribution in [0.2, 0.25) is 0 Å². The van der Waals surface area contributed by atoms with Gasteiger partial charge in [-0.05, 0) is 56.3 Å². The Balaban J connectivity index is 1.62. The van der Waals surface area contributed by atoms with Crippen LogP contribution in [0.4, 0.5) is 13.2 Å². The quantitative estimate of drug-likeness (QED) is 0.480. The Labute approximate surface area is 207 Å². The lowest BCUT2D eigenvalue weighted by molar-refractivity contribution is -0.137. The van der Waals surface area contributed by atoms with Crippen molar-refractivity contribution in [3.8, 4) is 5.75 Å². The van der Waals surface area contributed by atoms with E-state index in [4.69, 9.17) is 4.74 Å². The third-order valence-electron chi connectivity index (χ3n) is 6.44. The molecule has 2 heterocycles. The molecule has 2 aromatic carbocycles. The summed E-state index contributed by atoms with van der Waals surface area (Å²) in [6.45, 7) is 4.38. The van der Waals surface area contributed by atoms with E-state index in [9.17, 15) is 22.8 Å². The van der Waals surface area contributed by atoms with Crippen molar-refractivity contribution in [1.29, 1.82) is 0 Å². The second-order valence-electron chi connectivity index (χ2n) is 8.96. The van der Waals surface area contributed by atoms with Gasteiger partial charge < -0.3 is 19.1 Å². The molecule has 3 aromatic rings. The highest BCUT2D eigenvalue weighted by Crippen LogP contribution is 2.37. The number of aromatic nitrogens is 1. The third kappa shape index (κ3) is 4.96. The van der Waals surface area contributed by atoms with E-state index in [0.717, 1.165) is 35.5 Å². The number of carbonyl (C=O) groups is 2. The number of para-hydroxylation sites is 1. The van der Waals surface area contributed by atoms with Crippen molar-refractivity contribution < 1.29 is 27.5 Å². The molecule has 1 atom stereocenters. The maximum absolute atomic E-state index is 13.7. The number of hydrogen-bond donors (Lipinski definition) is 0. The standard InChI is InChI=1S/C27H28F3N3O3/c1-18(2)33(26(35)19-10-12-20(13-11-19)27(28,29)30)17-24(34)32-16-15-31-14-6-8-22(31)25(32)21-7-4-5-9-23(21)36-3/h4-14,18,25H,15-17H2,1-3H3. The molecule has 0 saturated heterocycles. The summed E-state index contributed by atoms with van der Waals surface area (Å²) in [5, 5.41) is 0. The molecule has 9 heteroatoms. The molecule has 0 aliphatic carbocycles. The van der Waals surface area contributed by atoms with Gasteiger partial charge in [-0.2, -0.15) is 13.2 Å². The predicted octanol–water partition coefficient (Wildman–Crippen LogP) is 5.00. The molecule has 0 fully saturated rings. The van der Waals surface area contributed by atoms with Crippen molar-refractivity contribution in [1.82, 2.24) is 14.4 Å². The highest BCUT2D eigenvalue weighted by Gasteiger charge is 2.36. The fourth-order valence-corrected chi connectivity index (χ4v) is 4.56. The summed E-state index contributed by atoms with van der Waals surface area (Å²) >= 11 is 0. The number of benzene rings is 2. The van der Waals surface area contributed by atoms with Gasteiger partial charge in [-0.25, -0.2) is 0 Å². The Bertz CT molecular complexity index is 1230. The van der Waals surface area contributed by atoms with Crippen molar-refractivity contribution >= 4 is 11.8 Å². The van der Waals surface area contributed by atoms with E-state index in [1.54, 1.807) is 25.9 Å². The third-order valence-corrected chi connectivity index (χ3v) is 6.44. The fourth-order valence-electron chi connectivity index (χ4n) is 4.56. The zero-order chi connectivity index (χ0) is 26.0. The average molecular weight is 500 g/mol. The van der Waals surface area contributed by atoms with E-state index >= 15 is 0 Å². The number of nitrogens with zero attached hydrogens (tertiary/aromatic N) is 3. The fraction of sp³-hybridized carbons (Fsp3) is 0.333. The van der Waals surface area contributed by atoms with Crippen molar-refractivity contribution in [2.24, 2.45) is 0 Å². The number of carbonyl (C=O) groups excluding carboxylic acids is 2. The molecule has 190 valence electrons. The molecule has 0 radical (unpaired) electrons. The molecular formula is C27H28F3N3O3. The summed E-state index contributed by atoms with van der Waals surface area (Å²) in [4.78, 5) is 30.0. The van der Waals surface area contributed by atoms with Crippen molar-refractivity contribution in [2.45, 2.75) is 38.7 Å². The van der Waals surface area contributed by atoms with E-state index in [1.807, 2.05) is 42.6 Å². The van der Waals surface area contributed by atoms with Gasteiger partial charge in [-0.15, -0.1) is 0 Å². The number of halogens is 3. The van der Waals surface area contributed by atoms with Gasteiger partial charge in [0.25, 0.3) is 5.91 Å². The van der Waals surface area contributed by atoms with Crippen LogP contribution in [-0.4, -0.2) is 52.4 Å². The topological polar surface area (TPSA) is 54.8 Å². The Morgan fingerprint density at radius 3 is 2.36 bits per heavy atom. The number of ether oxygens (including phenoxy) is 1. The van der Waals surface area contributed by atoms with Crippen molar-refractivity contribution in [3.63, 3.8) is 0 Å². The smallest absolute Gasteiger partial charge is 0.416 e. The SMILES string of the molecule is COc1ccccc1C1c2cccn2CCN1C(=O)CN(C(=O)c1ccc(C(F)(F)F)cc1)C(C)C. The summed E-state index contributed by atoms with van der Waals surface area (Å²) in [7, 11) is 1.58. The van der Waals surface area contributed by atoms with Crippen LogP contribution in [0.3, 0.4) is 0 Å². The molecule has 1 aliphatic heterocycles. The van der Waals surface area contributed by atoms with Crippen LogP contribution in [0, 0.1) is 0 Å². The largest absolute Gasteiger partial charge is 0.496 e. The predicted molar refractivity (Wildman–Crippen MR) is 129 cm³/mol. The summed E-state index contributed by atoms with van der Waals surface area (Å²) in [6, 6.07) is 14.7. The van der Waals surface area contributed by atoms with E-state index in [2.05, 4.69) is 4.57 Å². The molecule has 6 nitrogen and oxygen atoms in total. The van der Waals surface area contributed by atoms with Gasteiger partial charge >= 0.3 is 6.18 Å². The van der Waals surface area contributed by atoms with Crippen LogP contribution in [-0.2, 0) is 17.5 Å². The number of methoxy groups -OCH3 is 1.